The van der Waals surface area contributed by atoms with Crippen LogP contribution in [0.3, 0.4) is 0 Å². The van der Waals surface area contributed by atoms with Crippen molar-refractivity contribution < 1.29 is 26.8 Å². The highest BCUT2D eigenvalue weighted by atomic mass is 32.2. The fourth-order valence-corrected chi connectivity index (χ4v) is 3.92. The van der Waals surface area contributed by atoms with Gasteiger partial charge in [0.05, 0.1) is 4.90 Å². The van der Waals surface area contributed by atoms with Crippen molar-refractivity contribution in [3.63, 3.8) is 0 Å². The van der Waals surface area contributed by atoms with Gasteiger partial charge >= 0.3 is 6.03 Å². The minimum Gasteiger partial charge on any atom is -0.336 e. The third-order valence-corrected chi connectivity index (χ3v) is 5.78. The smallest absolute Gasteiger partial charge is 0.319 e. The molecule has 3 aromatic rings. The van der Waals surface area contributed by atoms with Gasteiger partial charge in [0.15, 0.2) is 11.6 Å². The Morgan fingerprint density at radius 1 is 0.794 bits per heavy atom. The molecule has 3 rings (SSSR count). The summed E-state index contributed by atoms with van der Waals surface area (Å²) in [5, 5.41) is 7.99. The largest absolute Gasteiger partial charge is 0.336 e. The SMILES string of the molecule is CC(C)NC(=O)Nc1cccc(C(=O)Nc2ccc(NS(=O)(=O)c3ccc(F)c(F)c3)cc2)c1. The van der Waals surface area contributed by atoms with E-state index in [0.717, 1.165) is 12.1 Å². The van der Waals surface area contributed by atoms with Gasteiger partial charge in [-0.05, 0) is 74.5 Å². The van der Waals surface area contributed by atoms with Crippen molar-refractivity contribution in [3.05, 3.63) is 83.9 Å². The van der Waals surface area contributed by atoms with E-state index in [4.69, 9.17) is 0 Å². The lowest BCUT2D eigenvalue weighted by molar-refractivity contribution is 0.102. The summed E-state index contributed by atoms with van der Waals surface area (Å²) in [6.07, 6.45) is 0. The van der Waals surface area contributed by atoms with Gasteiger partial charge in [0.1, 0.15) is 0 Å². The van der Waals surface area contributed by atoms with E-state index in [-0.39, 0.29) is 11.7 Å². The monoisotopic (exact) mass is 488 g/mol. The number of anilines is 3. The Balaban J connectivity index is 1.65. The molecule has 0 radical (unpaired) electrons. The van der Waals surface area contributed by atoms with Crippen molar-refractivity contribution in [3.8, 4) is 0 Å². The average Bonchev–Trinajstić information content (AvgIpc) is 2.76. The van der Waals surface area contributed by atoms with Crippen molar-refractivity contribution in [2.45, 2.75) is 24.8 Å². The molecule has 8 nitrogen and oxygen atoms in total. The molecule has 0 atom stereocenters. The normalized spacial score (nSPS) is 11.1. The van der Waals surface area contributed by atoms with Crippen molar-refractivity contribution >= 4 is 39.0 Å². The Morgan fingerprint density at radius 3 is 2.12 bits per heavy atom. The number of hydrogen-bond donors (Lipinski definition) is 4. The van der Waals surface area contributed by atoms with Gasteiger partial charge in [0, 0.05) is 28.7 Å². The maximum atomic E-state index is 13.4. The summed E-state index contributed by atoms with van der Waals surface area (Å²) in [4.78, 5) is 24.0. The Morgan fingerprint density at radius 2 is 1.47 bits per heavy atom. The molecule has 4 N–H and O–H groups in total. The molecule has 0 saturated carbocycles. The Bertz CT molecular complexity index is 1310. The highest BCUT2D eigenvalue weighted by Gasteiger charge is 2.17. The van der Waals surface area contributed by atoms with Gasteiger partial charge in [-0.15, -0.1) is 0 Å². The summed E-state index contributed by atoms with van der Waals surface area (Å²) in [5.74, 6) is -2.87. The number of amides is 3. The second kappa shape index (κ2) is 10.3. The maximum absolute atomic E-state index is 13.4. The van der Waals surface area contributed by atoms with Crippen LogP contribution >= 0.6 is 0 Å². The summed E-state index contributed by atoms with van der Waals surface area (Å²) in [5.41, 5.74) is 1.28. The van der Waals surface area contributed by atoms with E-state index in [1.807, 2.05) is 13.8 Å². The van der Waals surface area contributed by atoms with Crippen LogP contribution in [0.15, 0.2) is 71.6 Å². The van der Waals surface area contributed by atoms with E-state index >= 15 is 0 Å². The first-order valence-electron chi connectivity index (χ1n) is 10.1. The number of halogens is 2. The molecule has 34 heavy (non-hydrogen) atoms. The van der Waals surface area contributed by atoms with Gasteiger partial charge in [-0.1, -0.05) is 6.07 Å². The second-order valence-electron chi connectivity index (χ2n) is 7.55. The number of hydrogen-bond acceptors (Lipinski definition) is 4. The van der Waals surface area contributed by atoms with E-state index in [9.17, 15) is 26.8 Å². The third-order valence-electron chi connectivity index (χ3n) is 4.40. The van der Waals surface area contributed by atoms with Gasteiger partial charge in [0.25, 0.3) is 15.9 Å². The molecule has 0 aromatic heterocycles. The van der Waals surface area contributed by atoms with Gasteiger partial charge in [-0.25, -0.2) is 22.0 Å². The van der Waals surface area contributed by atoms with Crippen LogP contribution in [0.25, 0.3) is 0 Å². The maximum Gasteiger partial charge on any atom is 0.319 e. The highest BCUT2D eigenvalue weighted by molar-refractivity contribution is 7.92. The molecule has 3 aromatic carbocycles. The molecular formula is C23H22F2N4O4S. The fraction of sp³-hybridized carbons (Fsp3) is 0.130. The Kier molecular flexibility index (Phi) is 7.47. The van der Waals surface area contributed by atoms with E-state index in [2.05, 4.69) is 20.7 Å². The van der Waals surface area contributed by atoms with E-state index in [1.54, 1.807) is 18.2 Å². The molecule has 0 aliphatic heterocycles. The molecule has 0 unspecified atom stereocenters. The highest BCUT2D eigenvalue weighted by Crippen LogP contribution is 2.21. The fourth-order valence-electron chi connectivity index (χ4n) is 2.85. The number of nitrogens with one attached hydrogen (secondary N) is 4. The molecule has 178 valence electrons. The number of rotatable bonds is 7. The predicted octanol–water partition coefficient (Wildman–Crippen LogP) is 4.55. The number of carbonyl (C=O) groups is 2. The third kappa shape index (κ3) is 6.51. The quantitative estimate of drug-likeness (QED) is 0.390. The minimum absolute atomic E-state index is 0.0456. The van der Waals surface area contributed by atoms with Crippen LogP contribution in [0.2, 0.25) is 0 Å². The number of sulfonamides is 1. The van der Waals surface area contributed by atoms with Crippen LogP contribution in [0, 0.1) is 11.6 Å². The molecule has 0 aliphatic carbocycles. The Labute approximate surface area is 195 Å². The van der Waals surface area contributed by atoms with Crippen molar-refractivity contribution in [1.29, 1.82) is 0 Å². The molecule has 0 fully saturated rings. The summed E-state index contributed by atoms with van der Waals surface area (Å²) >= 11 is 0. The summed E-state index contributed by atoms with van der Waals surface area (Å²) in [6.45, 7) is 3.64. The van der Waals surface area contributed by atoms with Crippen LogP contribution in [-0.4, -0.2) is 26.4 Å². The van der Waals surface area contributed by atoms with Crippen molar-refractivity contribution in [1.82, 2.24) is 5.32 Å². The lowest BCUT2D eigenvalue weighted by Gasteiger charge is -2.12. The first-order chi connectivity index (χ1) is 16.0. The standard InChI is InChI=1S/C23H22F2N4O4S/c1-14(2)26-23(31)28-18-5-3-4-15(12-18)22(30)27-16-6-8-17(9-7-16)29-34(32,33)19-10-11-20(24)21(25)13-19/h3-14,29H,1-2H3,(H,27,30)(H2,26,28,31). The van der Waals surface area contributed by atoms with Crippen LogP contribution in [0.4, 0.5) is 30.6 Å². The zero-order valence-electron chi connectivity index (χ0n) is 18.2. The summed E-state index contributed by atoms with van der Waals surface area (Å²) < 4.78 is 53.4. The summed E-state index contributed by atoms with van der Waals surface area (Å²) in [6, 6.07) is 13.9. The minimum atomic E-state index is -4.14. The van der Waals surface area contributed by atoms with Gasteiger partial charge in [-0.3, -0.25) is 9.52 Å². The number of carbonyl (C=O) groups excluding carboxylic acids is 2. The molecule has 0 heterocycles. The summed E-state index contributed by atoms with van der Waals surface area (Å²) in [7, 11) is -4.14. The van der Waals surface area contributed by atoms with E-state index in [1.165, 1.54) is 30.3 Å². The van der Waals surface area contributed by atoms with Crippen LogP contribution in [0.1, 0.15) is 24.2 Å². The second-order valence-corrected chi connectivity index (χ2v) is 9.23. The molecule has 0 bridgehead atoms. The zero-order chi connectivity index (χ0) is 24.9. The van der Waals surface area contributed by atoms with Gasteiger partial charge < -0.3 is 16.0 Å². The molecule has 11 heteroatoms. The number of urea groups is 1. The van der Waals surface area contributed by atoms with Crippen LogP contribution in [-0.2, 0) is 10.0 Å². The zero-order valence-corrected chi connectivity index (χ0v) is 19.0. The molecular weight excluding hydrogens is 466 g/mol. The van der Waals surface area contributed by atoms with Crippen LogP contribution in [0.5, 0.6) is 0 Å². The van der Waals surface area contributed by atoms with E-state index in [0.29, 0.717) is 23.0 Å². The first kappa shape index (κ1) is 24.6. The van der Waals surface area contributed by atoms with E-state index < -0.39 is 38.5 Å². The lowest BCUT2D eigenvalue weighted by Crippen LogP contribution is -2.34. The number of benzene rings is 3. The topological polar surface area (TPSA) is 116 Å². The van der Waals surface area contributed by atoms with Crippen molar-refractivity contribution in [2.75, 3.05) is 15.4 Å². The molecule has 0 spiro atoms. The average molecular weight is 489 g/mol. The van der Waals surface area contributed by atoms with Crippen LogP contribution < -0.4 is 20.7 Å². The first-order valence-corrected chi connectivity index (χ1v) is 11.6. The molecule has 0 aliphatic rings. The molecule has 0 saturated heterocycles. The lowest BCUT2D eigenvalue weighted by atomic mass is 10.2. The van der Waals surface area contributed by atoms with Crippen molar-refractivity contribution in [2.24, 2.45) is 0 Å². The predicted molar refractivity (Wildman–Crippen MR) is 125 cm³/mol. The van der Waals surface area contributed by atoms with Gasteiger partial charge in [0.2, 0.25) is 0 Å². The molecule has 3 amide bonds. The van der Waals surface area contributed by atoms with Gasteiger partial charge in [-0.2, -0.15) is 0 Å². The Hall–Kier alpha value is -3.99.